The first-order valence-electron chi connectivity index (χ1n) is 5.05. The lowest BCUT2D eigenvalue weighted by molar-refractivity contribution is -0.115. The molecule has 84 valence electrons. The van der Waals surface area contributed by atoms with E-state index in [4.69, 9.17) is 0 Å². The van der Waals surface area contributed by atoms with E-state index in [1.165, 1.54) is 0 Å². The Balaban J connectivity index is 0.000000606. The lowest BCUT2D eigenvalue weighted by Crippen LogP contribution is -2.17. The molecule has 2 rings (SSSR count). The topological polar surface area (TPSA) is 46.2 Å². The van der Waals surface area contributed by atoms with Gasteiger partial charge in [0.1, 0.15) is 0 Å². The quantitative estimate of drug-likeness (QED) is 0.761. The minimum absolute atomic E-state index is 0.308. The zero-order chi connectivity index (χ0) is 12.0. The molecular formula is C12H13NO2S. The molecule has 1 N–H and O–H groups in total. The number of benzene rings is 1. The fourth-order valence-electron chi connectivity index (χ4n) is 1.12. The molecule has 1 heterocycles. The molecule has 0 aliphatic carbocycles. The van der Waals surface area contributed by atoms with E-state index in [1.807, 2.05) is 44.2 Å². The largest absolute Gasteiger partial charge is 0.290 e. The lowest BCUT2D eigenvalue weighted by Gasteiger charge is -1.92. The van der Waals surface area contributed by atoms with Crippen LogP contribution in [0.4, 0.5) is 4.79 Å². The van der Waals surface area contributed by atoms with Crippen molar-refractivity contribution < 1.29 is 9.59 Å². The van der Waals surface area contributed by atoms with Gasteiger partial charge in [0.15, 0.2) is 0 Å². The number of hydrogen-bond donors (Lipinski definition) is 1. The van der Waals surface area contributed by atoms with Crippen LogP contribution in [-0.2, 0) is 4.79 Å². The molecule has 4 heteroatoms. The summed E-state index contributed by atoms with van der Waals surface area (Å²) in [6.45, 7) is 4.00. The first kappa shape index (κ1) is 12.5. The predicted molar refractivity (Wildman–Crippen MR) is 66.9 cm³/mol. The average Bonchev–Trinajstić information content (AvgIpc) is 2.62. The molecule has 1 aromatic rings. The number of carbonyl (C=O) groups excluding carboxylic acids is 2. The van der Waals surface area contributed by atoms with Crippen molar-refractivity contribution in [3.63, 3.8) is 0 Å². The van der Waals surface area contributed by atoms with Gasteiger partial charge in [-0.1, -0.05) is 44.2 Å². The van der Waals surface area contributed by atoms with Crippen LogP contribution in [0, 0.1) is 0 Å². The second-order valence-electron chi connectivity index (χ2n) is 2.76. The Hall–Kier alpha value is -1.55. The molecule has 0 spiro atoms. The Morgan fingerprint density at radius 2 is 1.75 bits per heavy atom. The first-order chi connectivity index (χ1) is 7.75. The van der Waals surface area contributed by atoms with E-state index >= 15 is 0 Å². The van der Waals surface area contributed by atoms with Crippen molar-refractivity contribution in [3.8, 4) is 0 Å². The van der Waals surface area contributed by atoms with Crippen LogP contribution in [0.15, 0.2) is 35.2 Å². The summed E-state index contributed by atoms with van der Waals surface area (Å²) in [5.74, 6) is -0.316. The van der Waals surface area contributed by atoms with Gasteiger partial charge in [0, 0.05) is 0 Å². The summed E-state index contributed by atoms with van der Waals surface area (Å²) in [6.07, 6.45) is 1.70. The van der Waals surface area contributed by atoms with Crippen molar-refractivity contribution in [2.24, 2.45) is 0 Å². The maximum absolute atomic E-state index is 11.2. The first-order valence-corrected chi connectivity index (χ1v) is 5.87. The van der Waals surface area contributed by atoms with Gasteiger partial charge in [0.25, 0.3) is 11.1 Å². The summed E-state index contributed by atoms with van der Waals surface area (Å²) in [5, 5.41) is 1.90. The standard InChI is InChI=1S/C10H7NO2S.C2H6/c12-9-8(14-10(13)11-9)6-7-4-2-1-3-5-7;1-2/h1-6H,(H,11,12,13);1-2H3/b8-6-;. The van der Waals surface area contributed by atoms with E-state index in [0.29, 0.717) is 4.91 Å². The highest BCUT2D eigenvalue weighted by molar-refractivity contribution is 8.18. The number of rotatable bonds is 1. The van der Waals surface area contributed by atoms with E-state index in [0.717, 1.165) is 17.3 Å². The molecule has 0 unspecified atom stereocenters. The maximum Gasteiger partial charge on any atom is 0.290 e. The molecule has 0 bridgehead atoms. The van der Waals surface area contributed by atoms with E-state index in [2.05, 4.69) is 5.32 Å². The Morgan fingerprint density at radius 1 is 1.12 bits per heavy atom. The second kappa shape index (κ2) is 6.12. The van der Waals surface area contributed by atoms with Crippen molar-refractivity contribution in [1.29, 1.82) is 0 Å². The molecule has 0 radical (unpaired) electrons. The van der Waals surface area contributed by atoms with Crippen LogP contribution < -0.4 is 5.32 Å². The molecule has 16 heavy (non-hydrogen) atoms. The summed E-state index contributed by atoms with van der Waals surface area (Å²) in [7, 11) is 0. The van der Waals surface area contributed by atoms with Crippen LogP contribution in [0.3, 0.4) is 0 Å². The lowest BCUT2D eigenvalue weighted by atomic mass is 10.2. The predicted octanol–water partition coefficient (Wildman–Crippen LogP) is 3.04. The Bertz CT molecular complexity index is 412. The SMILES string of the molecule is CC.O=C1NC(=O)/C(=C/c2ccccc2)S1. The van der Waals surface area contributed by atoms with Crippen molar-refractivity contribution in [2.75, 3.05) is 0 Å². The van der Waals surface area contributed by atoms with Crippen LogP contribution in [0.5, 0.6) is 0 Å². The maximum atomic E-state index is 11.2. The zero-order valence-corrected chi connectivity index (χ0v) is 10.0. The summed E-state index contributed by atoms with van der Waals surface area (Å²) >= 11 is 0.930. The minimum atomic E-state index is -0.316. The second-order valence-corrected chi connectivity index (χ2v) is 3.78. The van der Waals surface area contributed by atoms with E-state index in [1.54, 1.807) is 6.08 Å². The summed E-state index contributed by atoms with van der Waals surface area (Å²) in [6, 6.07) is 9.42. The van der Waals surface area contributed by atoms with Gasteiger partial charge in [-0.25, -0.2) is 0 Å². The Kier molecular flexibility index (Phi) is 4.79. The normalized spacial score (nSPS) is 16.8. The van der Waals surface area contributed by atoms with Crippen LogP contribution >= 0.6 is 11.8 Å². The van der Waals surface area contributed by atoms with Crippen molar-refractivity contribution >= 4 is 29.0 Å². The van der Waals surface area contributed by atoms with E-state index in [9.17, 15) is 9.59 Å². The van der Waals surface area contributed by atoms with Crippen molar-refractivity contribution in [1.82, 2.24) is 5.32 Å². The number of amides is 2. The fraction of sp³-hybridized carbons (Fsp3) is 0.167. The van der Waals surface area contributed by atoms with Gasteiger partial charge in [0.2, 0.25) is 0 Å². The van der Waals surface area contributed by atoms with Crippen LogP contribution in [-0.4, -0.2) is 11.1 Å². The molecule has 3 nitrogen and oxygen atoms in total. The number of hydrogen-bond acceptors (Lipinski definition) is 3. The van der Waals surface area contributed by atoms with Gasteiger partial charge in [-0.2, -0.15) is 0 Å². The average molecular weight is 235 g/mol. The molecule has 0 atom stereocenters. The molecule has 0 saturated carbocycles. The van der Waals surface area contributed by atoms with Crippen LogP contribution in [0.1, 0.15) is 19.4 Å². The van der Waals surface area contributed by atoms with Gasteiger partial charge in [0.05, 0.1) is 4.91 Å². The van der Waals surface area contributed by atoms with Crippen LogP contribution in [0.2, 0.25) is 0 Å². The number of nitrogens with one attached hydrogen (secondary N) is 1. The molecule has 1 saturated heterocycles. The molecular weight excluding hydrogens is 222 g/mol. The molecule has 1 aliphatic heterocycles. The number of carbonyl (C=O) groups is 2. The molecule has 1 fully saturated rings. The van der Waals surface area contributed by atoms with Gasteiger partial charge in [-0.15, -0.1) is 0 Å². The molecule has 2 amide bonds. The van der Waals surface area contributed by atoms with Crippen molar-refractivity contribution in [2.45, 2.75) is 13.8 Å². The third kappa shape index (κ3) is 3.24. The highest BCUT2D eigenvalue weighted by Crippen LogP contribution is 2.25. The fourth-order valence-corrected chi connectivity index (χ4v) is 1.80. The molecule has 0 aromatic heterocycles. The molecule has 1 aliphatic rings. The highest BCUT2D eigenvalue weighted by atomic mass is 32.2. The third-order valence-electron chi connectivity index (χ3n) is 1.74. The van der Waals surface area contributed by atoms with E-state index in [-0.39, 0.29) is 11.1 Å². The Labute approximate surface area is 98.9 Å². The Morgan fingerprint density at radius 3 is 2.25 bits per heavy atom. The van der Waals surface area contributed by atoms with Gasteiger partial charge in [-0.3, -0.25) is 14.9 Å². The minimum Gasteiger partial charge on any atom is -0.282 e. The van der Waals surface area contributed by atoms with Crippen LogP contribution in [0.25, 0.3) is 6.08 Å². The highest BCUT2D eigenvalue weighted by Gasteiger charge is 2.24. The van der Waals surface area contributed by atoms with E-state index < -0.39 is 0 Å². The van der Waals surface area contributed by atoms with Crippen molar-refractivity contribution in [3.05, 3.63) is 40.8 Å². The summed E-state index contributed by atoms with van der Waals surface area (Å²) in [4.78, 5) is 22.5. The molecule has 1 aromatic carbocycles. The third-order valence-corrected chi connectivity index (χ3v) is 2.55. The van der Waals surface area contributed by atoms with Gasteiger partial charge in [-0.05, 0) is 23.4 Å². The number of thioether (sulfide) groups is 1. The zero-order valence-electron chi connectivity index (χ0n) is 9.19. The smallest absolute Gasteiger partial charge is 0.282 e. The van der Waals surface area contributed by atoms with Gasteiger partial charge < -0.3 is 0 Å². The summed E-state index contributed by atoms with van der Waals surface area (Å²) in [5.41, 5.74) is 0.917. The summed E-state index contributed by atoms with van der Waals surface area (Å²) < 4.78 is 0. The monoisotopic (exact) mass is 235 g/mol. The van der Waals surface area contributed by atoms with Gasteiger partial charge >= 0.3 is 0 Å². The number of imide groups is 1.